The summed E-state index contributed by atoms with van der Waals surface area (Å²) >= 11 is 1.36. The molecule has 6 nitrogen and oxygen atoms in total. The summed E-state index contributed by atoms with van der Waals surface area (Å²) in [4.78, 5) is 0. The second-order valence-corrected chi connectivity index (χ2v) is 3.05. The van der Waals surface area contributed by atoms with Crippen LogP contribution in [0.4, 0.5) is 0 Å². The Hall–Kier alpha value is -1.24. The summed E-state index contributed by atoms with van der Waals surface area (Å²) in [6.45, 7) is 0. The van der Waals surface area contributed by atoms with Gasteiger partial charge in [-0.25, -0.2) is 0 Å². The molecule has 1 rings (SSSR count). The van der Waals surface area contributed by atoms with Gasteiger partial charge in [-0.05, 0) is 0 Å². The van der Waals surface area contributed by atoms with E-state index >= 15 is 0 Å². The molecule has 3 N–H and O–H groups in total. The Morgan fingerprint density at radius 3 is 3.17 bits per heavy atom. The van der Waals surface area contributed by atoms with Crippen LogP contribution in [0.2, 0.25) is 0 Å². The molecule has 7 heteroatoms. The third-order valence-corrected chi connectivity index (χ3v) is 2.22. The van der Waals surface area contributed by atoms with E-state index in [1.165, 1.54) is 11.8 Å². The van der Waals surface area contributed by atoms with E-state index in [4.69, 9.17) is 10.9 Å². The van der Waals surface area contributed by atoms with Gasteiger partial charge in [-0.2, -0.15) is 0 Å². The number of oxime groups is 1. The quantitative estimate of drug-likeness (QED) is 0.222. The summed E-state index contributed by atoms with van der Waals surface area (Å²) in [7, 11) is 1.83. The average Bonchev–Trinajstić information content (AvgIpc) is 2.47. The smallest absolute Gasteiger partial charge is 0.191 e. The van der Waals surface area contributed by atoms with Crippen molar-refractivity contribution in [1.82, 2.24) is 14.8 Å². The fourth-order valence-corrected chi connectivity index (χ4v) is 1.26. The number of aryl methyl sites for hydroxylation is 1. The van der Waals surface area contributed by atoms with Gasteiger partial charge in [-0.3, -0.25) is 0 Å². The Labute approximate surface area is 73.5 Å². The molecule has 0 bridgehead atoms. The highest BCUT2D eigenvalue weighted by molar-refractivity contribution is 7.99. The van der Waals surface area contributed by atoms with Crippen LogP contribution in [0.15, 0.2) is 16.6 Å². The lowest BCUT2D eigenvalue weighted by Crippen LogP contribution is -2.14. The van der Waals surface area contributed by atoms with E-state index in [-0.39, 0.29) is 5.84 Å². The summed E-state index contributed by atoms with van der Waals surface area (Å²) in [6, 6.07) is 0. The van der Waals surface area contributed by atoms with Crippen molar-refractivity contribution in [2.75, 3.05) is 5.75 Å². The largest absolute Gasteiger partial charge is 0.409 e. The fraction of sp³-hybridized carbons (Fsp3) is 0.400. The Bertz CT molecular complexity index is 283. The molecule has 0 aliphatic carbocycles. The van der Waals surface area contributed by atoms with E-state index in [2.05, 4.69) is 15.4 Å². The van der Waals surface area contributed by atoms with E-state index in [1.807, 2.05) is 7.05 Å². The number of rotatable bonds is 3. The molecular weight excluding hydrogens is 178 g/mol. The van der Waals surface area contributed by atoms with Gasteiger partial charge in [-0.1, -0.05) is 16.9 Å². The maximum atomic E-state index is 8.24. The van der Waals surface area contributed by atoms with Crippen molar-refractivity contribution in [1.29, 1.82) is 0 Å². The molecule has 0 radical (unpaired) electrons. The Balaban J connectivity index is 2.49. The first-order chi connectivity index (χ1) is 5.74. The van der Waals surface area contributed by atoms with Crippen LogP contribution in [0.1, 0.15) is 0 Å². The maximum Gasteiger partial charge on any atom is 0.191 e. The van der Waals surface area contributed by atoms with Gasteiger partial charge in [0.15, 0.2) is 5.16 Å². The molecule has 66 valence electrons. The standard InChI is InChI=1S/C5H9N5OS/c1-10-3-7-8-5(10)12-2-4(6)9-11/h3,11H,2H2,1H3,(H2,6,9). The number of aromatic nitrogens is 3. The van der Waals surface area contributed by atoms with Crippen molar-refractivity contribution in [3.63, 3.8) is 0 Å². The third-order valence-electron chi connectivity index (χ3n) is 1.15. The third kappa shape index (κ3) is 2.12. The number of nitrogens with zero attached hydrogens (tertiary/aromatic N) is 4. The highest BCUT2D eigenvalue weighted by Gasteiger charge is 2.02. The molecule has 0 amide bonds. The number of nitrogens with two attached hydrogens (primary N) is 1. The lowest BCUT2D eigenvalue weighted by Gasteiger charge is -1.97. The number of hydrogen-bond acceptors (Lipinski definition) is 5. The molecule has 0 saturated heterocycles. The molecule has 0 aliphatic rings. The molecule has 0 atom stereocenters. The van der Waals surface area contributed by atoms with Crippen LogP contribution < -0.4 is 5.73 Å². The minimum Gasteiger partial charge on any atom is -0.409 e. The normalized spacial score (nSPS) is 11.9. The van der Waals surface area contributed by atoms with E-state index in [9.17, 15) is 0 Å². The predicted octanol–water partition coefficient (Wildman–Crippen LogP) is -0.346. The molecule has 0 spiro atoms. The summed E-state index contributed by atoms with van der Waals surface area (Å²) < 4.78 is 1.76. The van der Waals surface area contributed by atoms with Crippen LogP contribution in [-0.2, 0) is 7.05 Å². The van der Waals surface area contributed by atoms with Gasteiger partial charge < -0.3 is 15.5 Å². The van der Waals surface area contributed by atoms with E-state index < -0.39 is 0 Å². The van der Waals surface area contributed by atoms with Crippen LogP contribution in [-0.4, -0.2) is 31.6 Å². The van der Waals surface area contributed by atoms with Crippen molar-refractivity contribution >= 4 is 17.6 Å². The van der Waals surface area contributed by atoms with Gasteiger partial charge in [0.25, 0.3) is 0 Å². The second-order valence-electron chi connectivity index (χ2n) is 2.10. The first kappa shape index (κ1) is 8.85. The molecule has 12 heavy (non-hydrogen) atoms. The van der Waals surface area contributed by atoms with Crippen LogP contribution in [0, 0.1) is 0 Å². The molecule has 1 aromatic rings. The van der Waals surface area contributed by atoms with Crippen molar-refractivity contribution in [3.8, 4) is 0 Å². The monoisotopic (exact) mass is 187 g/mol. The molecule has 0 fully saturated rings. The van der Waals surface area contributed by atoms with Gasteiger partial charge in [-0.15, -0.1) is 10.2 Å². The molecular formula is C5H9N5OS. The molecule has 0 aliphatic heterocycles. The zero-order valence-electron chi connectivity index (χ0n) is 6.51. The lowest BCUT2D eigenvalue weighted by atomic mass is 10.7. The SMILES string of the molecule is Cn1cnnc1SC/C(N)=N/O. The van der Waals surface area contributed by atoms with Crippen molar-refractivity contribution in [2.24, 2.45) is 17.9 Å². The van der Waals surface area contributed by atoms with Gasteiger partial charge >= 0.3 is 0 Å². The van der Waals surface area contributed by atoms with Gasteiger partial charge in [0, 0.05) is 7.05 Å². The zero-order chi connectivity index (χ0) is 8.97. The van der Waals surface area contributed by atoms with Crippen LogP contribution in [0.25, 0.3) is 0 Å². The number of hydrogen-bond donors (Lipinski definition) is 2. The Morgan fingerprint density at radius 1 is 1.92 bits per heavy atom. The van der Waals surface area contributed by atoms with Crippen LogP contribution in [0.3, 0.4) is 0 Å². The lowest BCUT2D eigenvalue weighted by molar-refractivity contribution is 0.318. The van der Waals surface area contributed by atoms with Gasteiger partial charge in [0.2, 0.25) is 0 Å². The molecule has 1 aromatic heterocycles. The predicted molar refractivity (Wildman–Crippen MR) is 45.1 cm³/mol. The van der Waals surface area contributed by atoms with Gasteiger partial charge in [0.1, 0.15) is 12.2 Å². The minimum absolute atomic E-state index is 0.169. The molecule has 0 unspecified atom stereocenters. The topological polar surface area (TPSA) is 89.3 Å². The average molecular weight is 187 g/mol. The van der Waals surface area contributed by atoms with E-state index in [0.717, 1.165) is 5.16 Å². The van der Waals surface area contributed by atoms with Crippen LogP contribution in [0.5, 0.6) is 0 Å². The highest BCUT2D eigenvalue weighted by atomic mass is 32.2. The first-order valence-corrected chi connectivity index (χ1v) is 4.16. The van der Waals surface area contributed by atoms with Gasteiger partial charge in [0.05, 0.1) is 5.75 Å². The van der Waals surface area contributed by atoms with Crippen LogP contribution >= 0.6 is 11.8 Å². The van der Waals surface area contributed by atoms with Crippen molar-refractivity contribution in [2.45, 2.75) is 5.16 Å². The molecule has 1 heterocycles. The minimum atomic E-state index is 0.169. The number of amidine groups is 1. The summed E-state index contributed by atoms with van der Waals surface area (Å²) in [6.07, 6.45) is 1.59. The Kier molecular flexibility index (Phi) is 2.92. The Morgan fingerprint density at radius 2 is 2.67 bits per heavy atom. The molecule has 0 saturated carbocycles. The molecule has 0 aromatic carbocycles. The fourth-order valence-electron chi connectivity index (χ4n) is 0.571. The maximum absolute atomic E-state index is 8.24. The summed E-state index contributed by atoms with van der Waals surface area (Å²) in [5.74, 6) is 0.575. The zero-order valence-corrected chi connectivity index (χ0v) is 7.32. The highest BCUT2D eigenvalue weighted by Crippen LogP contribution is 2.11. The van der Waals surface area contributed by atoms with Crippen molar-refractivity contribution < 1.29 is 5.21 Å². The van der Waals surface area contributed by atoms with E-state index in [1.54, 1.807) is 10.9 Å². The first-order valence-electron chi connectivity index (χ1n) is 3.17. The van der Waals surface area contributed by atoms with E-state index in [0.29, 0.717) is 5.75 Å². The number of thioether (sulfide) groups is 1. The van der Waals surface area contributed by atoms with Crippen molar-refractivity contribution in [3.05, 3.63) is 6.33 Å². The summed E-state index contributed by atoms with van der Waals surface area (Å²) in [5, 5.41) is 19.3. The second kappa shape index (κ2) is 3.96. The summed E-state index contributed by atoms with van der Waals surface area (Å²) in [5.41, 5.74) is 5.26.